The van der Waals surface area contributed by atoms with E-state index in [1.54, 1.807) is 31.2 Å². The average Bonchev–Trinajstić information content (AvgIpc) is 2.71. The molecule has 0 aliphatic carbocycles. The van der Waals surface area contributed by atoms with Gasteiger partial charge in [0.05, 0.1) is 12.1 Å². The third kappa shape index (κ3) is 6.79. The van der Waals surface area contributed by atoms with E-state index in [1.165, 1.54) is 20.2 Å². The van der Waals surface area contributed by atoms with E-state index in [9.17, 15) is 18.0 Å². The summed E-state index contributed by atoms with van der Waals surface area (Å²) in [5.41, 5.74) is 2.82. The van der Waals surface area contributed by atoms with Crippen molar-refractivity contribution in [1.29, 1.82) is 0 Å². The molecule has 32 heavy (non-hydrogen) atoms. The van der Waals surface area contributed by atoms with Gasteiger partial charge < -0.3 is 15.0 Å². The summed E-state index contributed by atoms with van der Waals surface area (Å²) in [5.74, 6) is -0.437. The summed E-state index contributed by atoms with van der Waals surface area (Å²) < 4.78 is 38.9. The molecule has 10 heteroatoms. The number of alkyl halides is 3. The lowest BCUT2D eigenvalue weighted by Crippen LogP contribution is -2.29. The topological polar surface area (TPSA) is 72.3 Å². The molecule has 0 aromatic heterocycles. The number of hydrogen-bond acceptors (Lipinski definition) is 5. The second kappa shape index (κ2) is 11.1. The Hall–Kier alpha value is -2.93. The molecule has 0 aliphatic rings. The molecule has 2 rings (SSSR count). The van der Waals surface area contributed by atoms with Crippen molar-refractivity contribution in [2.45, 2.75) is 33.1 Å². The molecule has 1 unspecified atom stereocenters. The van der Waals surface area contributed by atoms with Gasteiger partial charge in [0.25, 0.3) is 5.91 Å². The Morgan fingerprint density at radius 3 is 2.50 bits per heavy atom. The number of likely N-dealkylation sites (N-methyl/N-ethyl adjacent to an activating group) is 1. The highest BCUT2D eigenvalue weighted by Crippen LogP contribution is 2.24. The third-order valence-electron chi connectivity index (χ3n) is 4.61. The van der Waals surface area contributed by atoms with Crippen LogP contribution in [0.5, 0.6) is 0 Å². The maximum atomic E-state index is 13.0. The summed E-state index contributed by atoms with van der Waals surface area (Å²) in [6.45, 7) is 3.40. The van der Waals surface area contributed by atoms with E-state index in [2.05, 4.69) is 24.9 Å². The standard InChI is InChI=1S/C22H25F3N3O3P/c1-13-6-5-7-18(20(28-30-4)21(29)26-3)19(13)12-31-27-14(2)17-9-8-16(32)10-15(17)11-22(23,24)25/h5-10H,11-12,32H2,1-4H3,(H,26,29)/b27-14+,28-20+. The molecule has 0 saturated carbocycles. The summed E-state index contributed by atoms with van der Waals surface area (Å²) in [7, 11) is 5.20. The van der Waals surface area contributed by atoms with Crippen LogP contribution in [0.4, 0.5) is 13.2 Å². The van der Waals surface area contributed by atoms with Crippen molar-refractivity contribution in [3.05, 3.63) is 64.2 Å². The highest BCUT2D eigenvalue weighted by atomic mass is 31.0. The summed E-state index contributed by atoms with van der Waals surface area (Å²) in [5, 5.41) is 11.0. The fourth-order valence-electron chi connectivity index (χ4n) is 3.11. The number of halogens is 3. The van der Waals surface area contributed by atoms with Crippen LogP contribution in [-0.2, 0) is 27.5 Å². The Morgan fingerprint density at radius 1 is 1.16 bits per heavy atom. The number of amides is 1. The largest absolute Gasteiger partial charge is 0.398 e. The lowest BCUT2D eigenvalue weighted by Gasteiger charge is -2.14. The summed E-state index contributed by atoms with van der Waals surface area (Å²) >= 11 is 0. The van der Waals surface area contributed by atoms with Gasteiger partial charge in [-0.15, -0.1) is 9.24 Å². The monoisotopic (exact) mass is 467 g/mol. The summed E-state index contributed by atoms with van der Waals surface area (Å²) in [6.07, 6.45) is -5.41. The number of carbonyl (C=O) groups is 1. The normalized spacial score (nSPS) is 12.5. The number of hydrogen-bond donors (Lipinski definition) is 1. The Morgan fingerprint density at radius 2 is 1.88 bits per heavy atom. The van der Waals surface area contributed by atoms with E-state index in [0.29, 0.717) is 27.7 Å². The van der Waals surface area contributed by atoms with Crippen molar-refractivity contribution in [3.8, 4) is 0 Å². The van der Waals surface area contributed by atoms with E-state index in [4.69, 9.17) is 9.68 Å². The van der Waals surface area contributed by atoms with Crippen LogP contribution in [0.1, 0.15) is 34.7 Å². The Labute approximate surface area is 187 Å². The molecular formula is C22H25F3N3O3P. The number of rotatable bonds is 8. The maximum absolute atomic E-state index is 13.0. The second-order valence-corrected chi connectivity index (χ2v) is 7.63. The number of nitrogens with zero attached hydrogens (tertiary/aromatic N) is 2. The number of oxime groups is 2. The average molecular weight is 467 g/mol. The van der Waals surface area contributed by atoms with Gasteiger partial charge >= 0.3 is 6.18 Å². The lowest BCUT2D eigenvalue weighted by atomic mass is 9.98. The number of aryl methyl sites for hydroxylation is 1. The first-order valence-corrected chi connectivity index (χ1v) is 10.2. The molecule has 6 nitrogen and oxygen atoms in total. The first kappa shape index (κ1) is 25.3. The fourth-order valence-corrected chi connectivity index (χ4v) is 3.41. The molecule has 0 saturated heterocycles. The smallest absolute Gasteiger partial charge is 0.393 e. The van der Waals surface area contributed by atoms with Gasteiger partial charge in [0.15, 0.2) is 5.71 Å². The predicted octanol–water partition coefficient (Wildman–Crippen LogP) is 3.64. The van der Waals surface area contributed by atoms with Crippen molar-refractivity contribution >= 4 is 31.9 Å². The molecule has 0 bridgehead atoms. The van der Waals surface area contributed by atoms with Gasteiger partial charge in [0.1, 0.15) is 13.7 Å². The molecule has 0 heterocycles. The van der Waals surface area contributed by atoms with Crippen molar-refractivity contribution in [2.75, 3.05) is 14.2 Å². The van der Waals surface area contributed by atoms with Crippen molar-refractivity contribution in [1.82, 2.24) is 5.32 Å². The van der Waals surface area contributed by atoms with Crippen LogP contribution in [0.2, 0.25) is 0 Å². The molecular weight excluding hydrogens is 442 g/mol. The molecule has 1 N–H and O–H groups in total. The zero-order valence-electron chi connectivity index (χ0n) is 18.2. The molecule has 0 spiro atoms. The Balaban J connectivity index is 2.33. The molecule has 1 atom stereocenters. The van der Waals surface area contributed by atoms with Crippen LogP contribution in [-0.4, -0.2) is 37.7 Å². The van der Waals surface area contributed by atoms with Gasteiger partial charge in [-0.25, -0.2) is 0 Å². The summed E-state index contributed by atoms with van der Waals surface area (Å²) in [4.78, 5) is 22.5. The zero-order valence-corrected chi connectivity index (χ0v) is 19.4. The van der Waals surface area contributed by atoms with Crippen LogP contribution < -0.4 is 10.6 Å². The molecule has 2 aromatic carbocycles. The second-order valence-electron chi connectivity index (χ2n) is 6.96. The SMILES string of the molecule is CNC(=O)/C(=N/OC)c1cccc(C)c1CO/N=C(\C)c1ccc(P)cc1CC(F)(F)F. The zero-order chi connectivity index (χ0) is 23.9. The van der Waals surface area contributed by atoms with Gasteiger partial charge in [-0.3, -0.25) is 4.79 Å². The number of benzene rings is 2. The highest BCUT2D eigenvalue weighted by Gasteiger charge is 2.29. The van der Waals surface area contributed by atoms with Crippen molar-refractivity contribution in [2.24, 2.45) is 10.3 Å². The van der Waals surface area contributed by atoms with E-state index in [0.717, 1.165) is 5.56 Å². The van der Waals surface area contributed by atoms with Crippen molar-refractivity contribution < 1.29 is 27.6 Å². The van der Waals surface area contributed by atoms with Crippen LogP contribution >= 0.6 is 9.24 Å². The van der Waals surface area contributed by atoms with Gasteiger partial charge in [-0.05, 0) is 30.3 Å². The molecule has 0 aliphatic heterocycles. The quantitative estimate of drug-likeness (QED) is 0.366. The first-order chi connectivity index (χ1) is 15.1. The van der Waals surface area contributed by atoms with E-state index >= 15 is 0 Å². The van der Waals surface area contributed by atoms with E-state index < -0.39 is 18.5 Å². The number of nitrogens with one attached hydrogen (secondary N) is 1. The maximum Gasteiger partial charge on any atom is 0.393 e. The van der Waals surface area contributed by atoms with Gasteiger partial charge in [0.2, 0.25) is 0 Å². The molecule has 172 valence electrons. The molecule has 0 fully saturated rings. The third-order valence-corrected chi connectivity index (χ3v) is 4.97. The highest BCUT2D eigenvalue weighted by molar-refractivity contribution is 7.27. The summed E-state index contributed by atoms with van der Waals surface area (Å²) in [6, 6.07) is 10.0. The number of carbonyl (C=O) groups excluding carboxylic acids is 1. The van der Waals surface area contributed by atoms with Crippen LogP contribution in [0, 0.1) is 6.92 Å². The minimum Gasteiger partial charge on any atom is -0.398 e. The van der Waals surface area contributed by atoms with Gasteiger partial charge in [-0.1, -0.05) is 46.7 Å². The minimum atomic E-state index is -4.35. The fraction of sp³-hybridized carbons (Fsp3) is 0.318. The van der Waals surface area contributed by atoms with Crippen molar-refractivity contribution in [3.63, 3.8) is 0 Å². The van der Waals surface area contributed by atoms with Gasteiger partial charge in [-0.2, -0.15) is 13.2 Å². The Bertz CT molecular complexity index is 1040. The first-order valence-electron chi connectivity index (χ1n) is 9.61. The lowest BCUT2D eigenvalue weighted by molar-refractivity contribution is -0.127. The molecule has 0 radical (unpaired) electrons. The predicted molar refractivity (Wildman–Crippen MR) is 121 cm³/mol. The van der Waals surface area contributed by atoms with Crippen LogP contribution in [0.25, 0.3) is 0 Å². The molecule has 1 amide bonds. The van der Waals surface area contributed by atoms with Crippen LogP contribution in [0.15, 0.2) is 46.7 Å². The molecule has 2 aromatic rings. The minimum absolute atomic E-state index is 0.0185. The van der Waals surface area contributed by atoms with E-state index in [1.807, 2.05) is 13.0 Å². The van der Waals surface area contributed by atoms with E-state index in [-0.39, 0.29) is 17.9 Å². The Kier molecular flexibility index (Phi) is 8.78. The van der Waals surface area contributed by atoms with Gasteiger partial charge in [0, 0.05) is 23.7 Å². The van der Waals surface area contributed by atoms with Crippen LogP contribution in [0.3, 0.4) is 0 Å².